The van der Waals surface area contributed by atoms with E-state index < -0.39 is 0 Å². The molecule has 1 aromatic heterocycles. The number of nitrogens with zero attached hydrogens (tertiary/aromatic N) is 2. The molecule has 1 atom stereocenters. The third-order valence-electron chi connectivity index (χ3n) is 3.67. The fourth-order valence-corrected chi connectivity index (χ4v) is 3.30. The summed E-state index contributed by atoms with van der Waals surface area (Å²) in [5.41, 5.74) is 1.58. The Kier molecular flexibility index (Phi) is 10.4. The summed E-state index contributed by atoms with van der Waals surface area (Å²) in [6.45, 7) is 8.97. The van der Waals surface area contributed by atoms with Gasteiger partial charge in [0.2, 0.25) is 0 Å². The van der Waals surface area contributed by atoms with Gasteiger partial charge in [-0.05, 0) is 45.4 Å². The van der Waals surface area contributed by atoms with Gasteiger partial charge in [0.1, 0.15) is 15.7 Å². The van der Waals surface area contributed by atoms with Crippen LogP contribution in [0.5, 0.6) is 0 Å². The first-order valence-electron chi connectivity index (χ1n) is 8.88. The van der Waals surface area contributed by atoms with Crippen molar-refractivity contribution in [2.24, 2.45) is 4.99 Å². The van der Waals surface area contributed by atoms with Crippen LogP contribution in [0.2, 0.25) is 0 Å². The van der Waals surface area contributed by atoms with Crippen molar-refractivity contribution < 1.29 is 13.9 Å². The number of halogens is 2. The number of thiazole rings is 1. The van der Waals surface area contributed by atoms with Gasteiger partial charge in [0.25, 0.3) is 0 Å². The van der Waals surface area contributed by atoms with Gasteiger partial charge in [0.05, 0.1) is 24.9 Å². The van der Waals surface area contributed by atoms with Crippen molar-refractivity contribution in [1.29, 1.82) is 0 Å². The Labute approximate surface area is 186 Å². The smallest absolute Gasteiger partial charge is 0.350 e. The van der Waals surface area contributed by atoms with Crippen molar-refractivity contribution in [3.8, 4) is 0 Å². The summed E-state index contributed by atoms with van der Waals surface area (Å²) in [7, 11) is 0. The van der Waals surface area contributed by atoms with E-state index in [1.54, 1.807) is 26.0 Å². The van der Waals surface area contributed by atoms with E-state index in [9.17, 15) is 9.18 Å². The van der Waals surface area contributed by atoms with Gasteiger partial charge in [-0.1, -0.05) is 12.1 Å². The maximum atomic E-state index is 13.0. The molecule has 2 rings (SSSR count). The molecule has 0 aliphatic heterocycles. The minimum atomic E-state index is -0.345. The third kappa shape index (κ3) is 7.01. The van der Waals surface area contributed by atoms with Gasteiger partial charge < -0.3 is 15.4 Å². The molecule has 28 heavy (non-hydrogen) atoms. The molecular weight excluding hydrogens is 494 g/mol. The van der Waals surface area contributed by atoms with Crippen LogP contribution in [0.3, 0.4) is 0 Å². The van der Waals surface area contributed by atoms with E-state index in [-0.39, 0.29) is 41.8 Å². The largest absolute Gasteiger partial charge is 0.462 e. The zero-order valence-corrected chi connectivity index (χ0v) is 19.6. The predicted molar refractivity (Wildman–Crippen MR) is 121 cm³/mol. The average molecular weight is 520 g/mol. The number of guanidine groups is 1. The highest BCUT2D eigenvalue weighted by Gasteiger charge is 2.20. The Bertz CT molecular complexity index is 796. The number of esters is 1. The molecule has 1 heterocycles. The molecule has 154 valence electrons. The van der Waals surface area contributed by atoms with E-state index in [0.29, 0.717) is 36.2 Å². The summed E-state index contributed by atoms with van der Waals surface area (Å²) in [6, 6.07) is 6.12. The van der Waals surface area contributed by atoms with Crippen LogP contribution in [-0.2, 0) is 11.3 Å². The molecule has 0 saturated carbocycles. The predicted octanol–water partition coefficient (Wildman–Crippen LogP) is 4.20. The number of carbonyl (C=O) groups is 1. The molecule has 2 N–H and O–H groups in total. The number of hydrogen-bond donors (Lipinski definition) is 2. The number of ether oxygens (including phenoxy) is 1. The monoisotopic (exact) mass is 520 g/mol. The van der Waals surface area contributed by atoms with Crippen LogP contribution >= 0.6 is 35.3 Å². The van der Waals surface area contributed by atoms with Crippen molar-refractivity contribution in [2.75, 3.05) is 13.2 Å². The topological polar surface area (TPSA) is 75.6 Å². The molecule has 6 nitrogen and oxygen atoms in total. The summed E-state index contributed by atoms with van der Waals surface area (Å²) < 4.78 is 18.1. The number of aryl methyl sites for hydroxylation is 1. The summed E-state index contributed by atoms with van der Waals surface area (Å²) in [4.78, 5) is 21.5. The number of benzene rings is 1. The summed E-state index contributed by atoms with van der Waals surface area (Å²) in [5, 5.41) is 7.25. The SMILES string of the molecule is CCNC(=NCc1ccc(F)cc1)NC(C)c1nc(C)c(C(=O)OCC)s1.I. The number of nitrogens with one attached hydrogen (secondary N) is 2. The lowest BCUT2D eigenvalue weighted by Crippen LogP contribution is -2.38. The first-order chi connectivity index (χ1) is 12.9. The van der Waals surface area contributed by atoms with Crippen LogP contribution in [0.15, 0.2) is 29.3 Å². The normalized spacial score (nSPS) is 12.1. The standard InChI is InChI=1S/C19H25FN4O2S.HI/c1-5-21-19(22-11-14-7-9-15(20)10-8-14)24-13(4)17-23-12(3)16(27-17)18(25)26-6-2;/h7-10,13H,5-6,11H2,1-4H3,(H2,21,22,24);1H. The number of carbonyl (C=O) groups excluding carboxylic acids is 1. The zero-order valence-electron chi connectivity index (χ0n) is 16.4. The van der Waals surface area contributed by atoms with Crippen LogP contribution in [0.4, 0.5) is 4.39 Å². The van der Waals surface area contributed by atoms with Crippen molar-refractivity contribution >= 4 is 47.2 Å². The molecule has 0 bridgehead atoms. The second-order valence-corrected chi connectivity index (χ2v) is 6.91. The third-order valence-corrected chi connectivity index (χ3v) is 5.00. The van der Waals surface area contributed by atoms with Gasteiger partial charge in [0.15, 0.2) is 5.96 Å². The van der Waals surface area contributed by atoms with E-state index in [4.69, 9.17) is 4.74 Å². The number of hydrogen-bond acceptors (Lipinski definition) is 5. The van der Waals surface area contributed by atoms with Gasteiger partial charge in [-0.25, -0.2) is 19.2 Å². The first kappa shape index (κ1) is 24.3. The summed E-state index contributed by atoms with van der Waals surface area (Å²) in [6.07, 6.45) is 0. The highest BCUT2D eigenvalue weighted by atomic mass is 127. The maximum absolute atomic E-state index is 13.0. The molecule has 0 fully saturated rings. The van der Waals surface area contributed by atoms with Crippen molar-refractivity contribution in [2.45, 2.75) is 40.3 Å². The van der Waals surface area contributed by atoms with Gasteiger partial charge in [0, 0.05) is 6.54 Å². The Hall–Kier alpha value is -1.75. The average Bonchev–Trinajstić information content (AvgIpc) is 3.03. The minimum absolute atomic E-state index is 0. The molecule has 0 radical (unpaired) electrons. The quantitative estimate of drug-likeness (QED) is 0.248. The fraction of sp³-hybridized carbons (Fsp3) is 0.421. The van der Waals surface area contributed by atoms with Crippen LogP contribution in [0.25, 0.3) is 0 Å². The van der Waals surface area contributed by atoms with Crippen molar-refractivity contribution in [3.63, 3.8) is 0 Å². The van der Waals surface area contributed by atoms with Gasteiger partial charge in [-0.3, -0.25) is 0 Å². The molecule has 0 saturated heterocycles. The summed E-state index contributed by atoms with van der Waals surface area (Å²) in [5.74, 6) is 0.0145. The van der Waals surface area contributed by atoms with Crippen LogP contribution in [-0.4, -0.2) is 30.1 Å². The lowest BCUT2D eigenvalue weighted by atomic mass is 10.2. The van der Waals surface area contributed by atoms with E-state index in [0.717, 1.165) is 10.6 Å². The Morgan fingerprint density at radius 2 is 2.00 bits per heavy atom. The number of aromatic nitrogens is 1. The molecular formula is C19H26FIN4O2S. The lowest BCUT2D eigenvalue weighted by molar-refractivity contribution is 0.0531. The lowest BCUT2D eigenvalue weighted by Gasteiger charge is -2.16. The van der Waals surface area contributed by atoms with Gasteiger partial charge >= 0.3 is 5.97 Å². The Morgan fingerprint density at radius 3 is 2.61 bits per heavy atom. The van der Waals surface area contributed by atoms with Gasteiger partial charge in [-0.2, -0.15) is 0 Å². The first-order valence-corrected chi connectivity index (χ1v) is 9.70. The Balaban J connectivity index is 0.00000392. The minimum Gasteiger partial charge on any atom is -0.462 e. The zero-order chi connectivity index (χ0) is 19.8. The second kappa shape index (κ2) is 11.9. The molecule has 9 heteroatoms. The van der Waals surface area contributed by atoms with E-state index >= 15 is 0 Å². The van der Waals surface area contributed by atoms with Crippen LogP contribution in [0.1, 0.15) is 52.7 Å². The fourth-order valence-electron chi connectivity index (χ4n) is 2.34. The van der Waals surface area contributed by atoms with E-state index in [2.05, 4.69) is 20.6 Å². The number of aliphatic imine (C=N–C) groups is 1. The molecule has 2 aromatic rings. The molecule has 1 unspecified atom stereocenters. The van der Waals surface area contributed by atoms with Gasteiger partial charge in [-0.15, -0.1) is 35.3 Å². The maximum Gasteiger partial charge on any atom is 0.350 e. The Morgan fingerprint density at radius 1 is 1.32 bits per heavy atom. The summed E-state index contributed by atoms with van der Waals surface area (Å²) >= 11 is 1.32. The molecule has 0 spiro atoms. The van der Waals surface area contributed by atoms with Crippen molar-refractivity contribution in [1.82, 2.24) is 15.6 Å². The molecule has 0 amide bonds. The van der Waals surface area contributed by atoms with Crippen LogP contribution < -0.4 is 10.6 Å². The molecule has 1 aromatic carbocycles. The van der Waals surface area contributed by atoms with E-state index in [1.165, 1.54) is 23.5 Å². The van der Waals surface area contributed by atoms with E-state index in [1.807, 2.05) is 13.8 Å². The molecule has 0 aliphatic rings. The molecule has 0 aliphatic carbocycles. The number of rotatable bonds is 7. The second-order valence-electron chi connectivity index (χ2n) is 5.87. The van der Waals surface area contributed by atoms with Crippen molar-refractivity contribution in [3.05, 3.63) is 51.2 Å². The highest BCUT2D eigenvalue weighted by molar-refractivity contribution is 14.0. The highest BCUT2D eigenvalue weighted by Crippen LogP contribution is 2.24. The van der Waals surface area contributed by atoms with Crippen LogP contribution in [0, 0.1) is 12.7 Å².